The molecule has 1 atom stereocenters. The quantitative estimate of drug-likeness (QED) is 0.791. The summed E-state index contributed by atoms with van der Waals surface area (Å²) >= 11 is 0. The highest BCUT2D eigenvalue weighted by molar-refractivity contribution is 7.92. The van der Waals surface area contributed by atoms with Gasteiger partial charge in [0, 0.05) is 12.2 Å². The summed E-state index contributed by atoms with van der Waals surface area (Å²) in [6.45, 7) is 6.29. The van der Waals surface area contributed by atoms with Gasteiger partial charge in [0.15, 0.2) is 0 Å². The second-order valence-electron chi connectivity index (χ2n) is 7.20. The number of aryl methyl sites for hydroxylation is 2. The van der Waals surface area contributed by atoms with E-state index >= 15 is 0 Å². The third kappa shape index (κ3) is 3.86. The molecule has 144 valence electrons. The predicted molar refractivity (Wildman–Crippen MR) is 110 cm³/mol. The van der Waals surface area contributed by atoms with Crippen LogP contribution in [0.5, 0.6) is 0 Å². The minimum atomic E-state index is -3.63. The summed E-state index contributed by atoms with van der Waals surface area (Å²) in [5.74, 6) is -0.174. The Morgan fingerprint density at radius 1 is 1.15 bits per heavy atom. The zero-order valence-electron chi connectivity index (χ0n) is 16.3. The molecule has 1 aliphatic heterocycles. The van der Waals surface area contributed by atoms with Gasteiger partial charge in [-0.1, -0.05) is 31.2 Å². The van der Waals surface area contributed by atoms with Crippen LogP contribution in [0.15, 0.2) is 42.5 Å². The van der Waals surface area contributed by atoms with Crippen molar-refractivity contribution in [1.29, 1.82) is 0 Å². The first-order valence-corrected chi connectivity index (χ1v) is 11.0. The van der Waals surface area contributed by atoms with Crippen LogP contribution in [-0.4, -0.2) is 33.2 Å². The van der Waals surface area contributed by atoms with Crippen LogP contribution < -0.4 is 9.21 Å². The van der Waals surface area contributed by atoms with Gasteiger partial charge in [-0.25, -0.2) is 8.42 Å². The fraction of sp³-hybridized carbons (Fsp3) is 0.381. The van der Waals surface area contributed by atoms with Crippen molar-refractivity contribution < 1.29 is 13.2 Å². The zero-order chi connectivity index (χ0) is 19.8. The first kappa shape index (κ1) is 19.4. The fourth-order valence-electron chi connectivity index (χ4n) is 3.87. The molecule has 0 N–H and O–H groups in total. The second kappa shape index (κ2) is 7.35. The molecule has 27 heavy (non-hydrogen) atoms. The summed E-state index contributed by atoms with van der Waals surface area (Å²) in [4.78, 5) is 15.1. The third-order valence-corrected chi connectivity index (χ3v) is 6.11. The number of rotatable bonds is 5. The minimum Gasteiger partial charge on any atom is -0.310 e. The molecular weight excluding hydrogens is 360 g/mol. The van der Waals surface area contributed by atoms with Crippen LogP contribution in [0.2, 0.25) is 0 Å². The lowest BCUT2D eigenvalue weighted by Gasteiger charge is -2.33. The Hall–Kier alpha value is -2.34. The summed E-state index contributed by atoms with van der Waals surface area (Å²) in [5, 5.41) is 0. The third-order valence-electron chi connectivity index (χ3n) is 4.93. The smallest absolute Gasteiger partial charge is 0.250 e. The van der Waals surface area contributed by atoms with Gasteiger partial charge in [0.1, 0.15) is 6.04 Å². The van der Waals surface area contributed by atoms with Crippen molar-refractivity contribution in [2.75, 3.05) is 22.0 Å². The van der Waals surface area contributed by atoms with Crippen molar-refractivity contribution in [3.63, 3.8) is 0 Å². The molecule has 3 rings (SSSR count). The molecule has 0 aromatic heterocycles. The van der Waals surface area contributed by atoms with Gasteiger partial charge in [-0.15, -0.1) is 0 Å². The number of anilines is 2. The molecule has 0 unspecified atom stereocenters. The number of hydrogen-bond acceptors (Lipinski definition) is 3. The topological polar surface area (TPSA) is 57.7 Å². The number of sulfonamides is 1. The monoisotopic (exact) mass is 386 g/mol. The van der Waals surface area contributed by atoms with Crippen LogP contribution in [-0.2, 0) is 21.2 Å². The molecule has 2 aromatic rings. The van der Waals surface area contributed by atoms with Gasteiger partial charge >= 0.3 is 0 Å². The van der Waals surface area contributed by atoms with Gasteiger partial charge in [-0.3, -0.25) is 9.10 Å². The standard InChI is InChI=1S/C21H26N2O3S/c1-5-19(21(24)22-11-10-17-8-6-7-9-20(17)22)23(27(4,25)26)18-13-15(2)12-16(3)14-18/h6-9,12-14,19H,5,10-11H2,1-4H3/t19-/m0/s1. The Kier molecular flexibility index (Phi) is 5.29. The highest BCUT2D eigenvalue weighted by Gasteiger charge is 2.36. The number of amides is 1. The molecule has 0 spiro atoms. The van der Waals surface area contributed by atoms with Crippen LogP contribution in [0.25, 0.3) is 0 Å². The van der Waals surface area contributed by atoms with E-state index in [1.807, 2.05) is 63.2 Å². The van der Waals surface area contributed by atoms with Gasteiger partial charge in [-0.2, -0.15) is 0 Å². The maximum absolute atomic E-state index is 13.4. The van der Waals surface area contributed by atoms with E-state index < -0.39 is 16.1 Å². The van der Waals surface area contributed by atoms with E-state index in [1.54, 1.807) is 4.90 Å². The van der Waals surface area contributed by atoms with Crippen molar-refractivity contribution in [3.05, 3.63) is 59.2 Å². The van der Waals surface area contributed by atoms with Crippen molar-refractivity contribution in [1.82, 2.24) is 0 Å². The maximum Gasteiger partial charge on any atom is 0.250 e. The number of fused-ring (bicyclic) bond motifs is 1. The summed E-state index contributed by atoms with van der Waals surface area (Å²) in [5.41, 5.74) is 4.48. The molecule has 2 aromatic carbocycles. The number of para-hydroxylation sites is 1. The average Bonchev–Trinajstić information content (AvgIpc) is 3.01. The maximum atomic E-state index is 13.4. The normalized spacial score (nSPS) is 14.7. The van der Waals surface area contributed by atoms with Crippen LogP contribution in [0.3, 0.4) is 0 Å². The van der Waals surface area contributed by atoms with Crippen molar-refractivity contribution >= 4 is 27.3 Å². The number of carbonyl (C=O) groups is 1. The molecule has 0 saturated carbocycles. The van der Waals surface area contributed by atoms with Crippen molar-refractivity contribution in [2.24, 2.45) is 0 Å². The van der Waals surface area contributed by atoms with Gasteiger partial charge in [0.25, 0.3) is 5.91 Å². The van der Waals surface area contributed by atoms with E-state index in [0.717, 1.165) is 28.8 Å². The molecule has 1 amide bonds. The number of nitrogens with zero attached hydrogens (tertiary/aromatic N) is 2. The van der Waals surface area contributed by atoms with E-state index in [9.17, 15) is 13.2 Å². The first-order chi connectivity index (χ1) is 12.7. The van der Waals surface area contributed by atoms with Crippen molar-refractivity contribution in [3.8, 4) is 0 Å². The zero-order valence-corrected chi connectivity index (χ0v) is 17.1. The minimum absolute atomic E-state index is 0.174. The van der Waals surface area contributed by atoms with Crippen LogP contribution in [0, 0.1) is 13.8 Å². The van der Waals surface area contributed by atoms with E-state index in [1.165, 1.54) is 10.6 Å². The lowest BCUT2D eigenvalue weighted by molar-refractivity contribution is -0.119. The van der Waals surface area contributed by atoms with Gasteiger partial charge in [-0.05, 0) is 61.6 Å². The molecule has 6 heteroatoms. The second-order valence-corrected chi connectivity index (χ2v) is 9.06. The van der Waals surface area contributed by atoms with Crippen LogP contribution >= 0.6 is 0 Å². The van der Waals surface area contributed by atoms with Crippen molar-refractivity contribution in [2.45, 2.75) is 39.7 Å². The molecule has 0 bridgehead atoms. The molecule has 0 aliphatic carbocycles. The molecule has 1 heterocycles. The summed E-state index contributed by atoms with van der Waals surface area (Å²) in [6.07, 6.45) is 2.36. The highest BCUT2D eigenvalue weighted by atomic mass is 32.2. The molecule has 0 radical (unpaired) electrons. The molecule has 5 nitrogen and oxygen atoms in total. The van der Waals surface area contributed by atoms with E-state index in [2.05, 4.69) is 0 Å². The Labute approximate surface area is 161 Å². The number of benzene rings is 2. The van der Waals surface area contributed by atoms with Gasteiger partial charge in [0.2, 0.25) is 10.0 Å². The molecule has 0 saturated heterocycles. The lowest BCUT2D eigenvalue weighted by atomic mass is 10.1. The Morgan fingerprint density at radius 2 is 1.78 bits per heavy atom. The molecule has 1 aliphatic rings. The first-order valence-electron chi connectivity index (χ1n) is 9.19. The Balaban J connectivity index is 2.04. The van der Waals surface area contributed by atoms with E-state index in [4.69, 9.17) is 0 Å². The Bertz CT molecular complexity index is 949. The summed E-state index contributed by atoms with van der Waals surface area (Å²) < 4.78 is 26.6. The lowest BCUT2D eigenvalue weighted by Crippen LogP contribution is -2.50. The van der Waals surface area contributed by atoms with Crippen LogP contribution in [0.4, 0.5) is 11.4 Å². The SMILES string of the molecule is CC[C@@H](C(=O)N1CCc2ccccc21)N(c1cc(C)cc(C)c1)S(C)(=O)=O. The fourth-order valence-corrected chi connectivity index (χ4v) is 5.06. The summed E-state index contributed by atoms with van der Waals surface area (Å²) in [7, 11) is -3.63. The largest absolute Gasteiger partial charge is 0.310 e. The number of carbonyl (C=O) groups excluding carboxylic acids is 1. The highest BCUT2D eigenvalue weighted by Crippen LogP contribution is 2.31. The molecular formula is C21H26N2O3S. The van der Waals surface area contributed by atoms with E-state index in [-0.39, 0.29) is 5.91 Å². The van der Waals surface area contributed by atoms with Gasteiger partial charge < -0.3 is 4.90 Å². The molecule has 0 fully saturated rings. The van der Waals surface area contributed by atoms with Crippen LogP contribution in [0.1, 0.15) is 30.0 Å². The summed E-state index contributed by atoms with van der Waals surface area (Å²) in [6, 6.07) is 12.7. The number of hydrogen-bond donors (Lipinski definition) is 0. The van der Waals surface area contributed by atoms with Gasteiger partial charge in [0.05, 0.1) is 11.9 Å². The Morgan fingerprint density at radius 3 is 2.37 bits per heavy atom. The predicted octanol–water partition coefficient (Wildman–Crippen LogP) is 3.44. The average molecular weight is 387 g/mol. The van der Waals surface area contributed by atoms with E-state index in [0.29, 0.717) is 18.7 Å².